The summed E-state index contributed by atoms with van der Waals surface area (Å²) in [5, 5.41) is 0. The molecule has 3 nitrogen and oxygen atoms in total. The minimum absolute atomic E-state index is 0.0805. The number of amides is 1. The molecule has 1 atom stereocenters. The zero-order valence-electron chi connectivity index (χ0n) is 8.85. The molecule has 1 aromatic rings. The van der Waals surface area contributed by atoms with Crippen LogP contribution >= 0.6 is 0 Å². The summed E-state index contributed by atoms with van der Waals surface area (Å²) in [7, 11) is 0. The van der Waals surface area contributed by atoms with Crippen LogP contribution in [0.1, 0.15) is 12.5 Å². The van der Waals surface area contributed by atoms with Crippen LogP contribution in [0.3, 0.4) is 0 Å². The first-order valence-electron chi connectivity index (χ1n) is 5.19. The number of ether oxygens (including phenoxy) is 1. The molecule has 80 valence electrons. The standard InChI is InChI=1S/C12H15NO2/c1-10-7-13(12(14)9-15-10)8-11-5-3-2-4-6-11/h2-6,10H,7-9H2,1H3/t10-/m1/s1. The summed E-state index contributed by atoms with van der Waals surface area (Å²) in [4.78, 5) is 13.4. The summed E-state index contributed by atoms with van der Waals surface area (Å²) < 4.78 is 5.27. The Bertz CT molecular complexity index is 337. The Balaban J connectivity index is 2.01. The van der Waals surface area contributed by atoms with Crippen LogP contribution in [0.2, 0.25) is 0 Å². The molecule has 0 aromatic heterocycles. The summed E-state index contributed by atoms with van der Waals surface area (Å²) in [5.41, 5.74) is 1.17. The lowest BCUT2D eigenvalue weighted by molar-refractivity contribution is -0.148. The number of rotatable bonds is 2. The molecule has 3 heteroatoms. The zero-order chi connectivity index (χ0) is 10.7. The van der Waals surface area contributed by atoms with Crippen molar-refractivity contribution in [2.75, 3.05) is 13.2 Å². The van der Waals surface area contributed by atoms with Crippen molar-refractivity contribution in [2.24, 2.45) is 0 Å². The van der Waals surface area contributed by atoms with Crippen LogP contribution in [0.5, 0.6) is 0 Å². The summed E-state index contributed by atoms with van der Waals surface area (Å²) in [6, 6.07) is 10.0. The van der Waals surface area contributed by atoms with E-state index in [-0.39, 0.29) is 18.6 Å². The van der Waals surface area contributed by atoms with Crippen molar-refractivity contribution < 1.29 is 9.53 Å². The molecule has 0 aliphatic carbocycles. The van der Waals surface area contributed by atoms with Crippen LogP contribution in [0.15, 0.2) is 30.3 Å². The number of hydrogen-bond donors (Lipinski definition) is 0. The Labute approximate surface area is 89.7 Å². The van der Waals surface area contributed by atoms with E-state index in [4.69, 9.17) is 4.74 Å². The highest BCUT2D eigenvalue weighted by molar-refractivity contribution is 5.78. The van der Waals surface area contributed by atoms with E-state index in [2.05, 4.69) is 0 Å². The van der Waals surface area contributed by atoms with Crippen molar-refractivity contribution in [1.29, 1.82) is 0 Å². The second-order valence-electron chi connectivity index (χ2n) is 3.88. The molecule has 1 aliphatic heterocycles. The molecule has 0 N–H and O–H groups in total. The third-order valence-corrected chi connectivity index (χ3v) is 2.54. The fourth-order valence-electron chi connectivity index (χ4n) is 1.73. The fourth-order valence-corrected chi connectivity index (χ4v) is 1.73. The highest BCUT2D eigenvalue weighted by Crippen LogP contribution is 2.10. The minimum Gasteiger partial charge on any atom is -0.367 e. The average molecular weight is 205 g/mol. The van der Waals surface area contributed by atoms with E-state index in [1.54, 1.807) is 0 Å². The van der Waals surface area contributed by atoms with Crippen LogP contribution in [0, 0.1) is 0 Å². The molecule has 2 rings (SSSR count). The molecular weight excluding hydrogens is 190 g/mol. The SMILES string of the molecule is C[C@@H]1CN(Cc2ccccc2)C(=O)CO1. The number of nitrogens with zero attached hydrogens (tertiary/aromatic N) is 1. The molecule has 1 aliphatic rings. The van der Waals surface area contributed by atoms with Crippen molar-refractivity contribution in [2.45, 2.75) is 19.6 Å². The van der Waals surface area contributed by atoms with Gasteiger partial charge < -0.3 is 9.64 Å². The molecule has 0 radical (unpaired) electrons. The van der Waals surface area contributed by atoms with Crippen LogP contribution in [-0.4, -0.2) is 30.1 Å². The van der Waals surface area contributed by atoms with Gasteiger partial charge in [-0.3, -0.25) is 4.79 Å². The van der Waals surface area contributed by atoms with E-state index in [1.165, 1.54) is 5.56 Å². The van der Waals surface area contributed by atoms with Crippen molar-refractivity contribution in [3.05, 3.63) is 35.9 Å². The lowest BCUT2D eigenvalue weighted by atomic mass is 10.2. The minimum atomic E-state index is 0.0805. The number of benzene rings is 1. The molecule has 1 fully saturated rings. The maximum absolute atomic E-state index is 11.5. The molecule has 1 amide bonds. The van der Waals surface area contributed by atoms with E-state index in [0.717, 1.165) is 0 Å². The fraction of sp³-hybridized carbons (Fsp3) is 0.417. The smallest absolute Gasteiger partial charge is 0.248 e. The summed E-state index contributed by atoms with van der Waals surface area (Å²) in [5.74, 6) is 0.0805. The lowest BCUT2D eigenvalue weighted by Gasteiger charge is -2.31. The zero-order valence-corrected chi connectivity index (χ0v) is 8.85. The number of carbonyl (C=O) groups is 1. The summed E-state index contributed by atoms with van der Waals surface area (Å²) in [6.07, 6.45) is 0.145. The van der Waals surface area contributed by atoms with E-state index in [9.17, 15) is 4.79 Å². The van der Waals surface area contributed by atoms with E-state index in [1.807, 2.05) is 42.2 Å². The topological polar surface area (TPSA) is 29.5 Å². The third kappa shape index (κ3) is 2.57. The molecule has 1 aromatic carbocycles. The lowest BCUT2D eigenvalue weighted by Crippen LogP contribution is -2.44. The van der Waals surface area contributed by atoms with Crippen molar-refractivity contribution in [3.8, 4) is 0 Å². The van der Waals surface area contributed by atoms with Crippen LogP contribution in [0.25, 0.3) is 0 Å². The van der Waals surface area contributed by atoms with Crippen LogP contribution in [-0.2, 0) is 16.1 Å². The van der Waals surface area contributed by atoms with Gasteiger partial charge in [-0.15, -0.1) is 0 Å². The van der Waals surface area contributed by atoms with Gasteiger partial charge >= 0.3 is 0 Å². The molecule has 0 bridgehead atoms. The maximum Gasteiger partial charge on any atom is 0.248 e. The quantitative estimate of drug-likeness (QED) is 0.731. The Morgan fingerprint density at radius 2 is 2.13 bits per heavy atom. The van der Waals surface area contributed by atoms with Crippen LogP contribution in [0.4, 0.5) is 0 Å². The van der Waals surface area contributed by atoms with E-state index in [0.29, 0.717) is 13.1 Å². The van der Waals surface area contributed by atoms with Crippen LogP contribution < -0.4 is 0 Å². The third-order valence-electron chi connectivity index (χ3n) is 2.54. The first kappa shape index (κ1) is 10.2. The molecular formula is C12H15NO2. The van der Waals surface area contributed by atoms with Gasteiger partial charge in [-0.25, -0.2) is 0 Å². The van der Waals surface area contributed by atoms with Gasteiger partial charge in [0.15, 0.2) is 0 Å². The normalized spacial score (nSPS) is 21.8. The maximum atomic E-state index is 11.5. The van der Waals surface area contributed by atoms with Gasteiger partial charge in [0, 0.05) is 13.1 Å². The Kier molecular flexibility index (Phi) is 3.02. The molecule has 1 saturated heterocycles. The first-order valence-corrected chi connectivity index (χ1v) is 5.19. The van der Waals surface area contributed by atoms with Gasteiger partial charge in [0.05, 0.1) is 6.10 Å². The van der Waals surface area contributed by atoms with Crippen molar-refractivity contribution >= 4 is 5.91 Å². The Morgan fingerprint density at radius 3 is 2.87 bits per heavy atom. The van der Waals surface area contributed by atoms with E-state index < -0.39 is 0 Å². The number of hydrogen-bond acceptors (Lipinski definition) is 2. The highest BCUT2D eigenvalue weighted by atomic mass is 16.5. The largest absolute Gasteiger partial charge is 0.367 e. The number of carbonyl (C=O) groups excluding carboxylic acids is 1. The molecule has 15 heavy (non-hydrogen) atoms. The Morgan fingerprint density at radius 1 is 1.40 bits per heavy atom. The molecule has 1 heterocycles. The summed E-state index contributed by atoms with van der Waals surface area (Å²) in [6.45, 7) is 3.58. The predicted molar refractivity (Wildman–Crippen MR) is 57.3 cm³/mol. The molecule has 0 unspecified atom stereocenters. The van der Waals surface area contributed by atoms with Crippen molar-refractivity contribution in [3.63, 3.8) is 0 Å². The number of morpholine rings is 1. The molecule has 0 spiro atoms. The van der Waals surface area contributed by atoms with Gasteiger partial charge in [0.25, 0.3) is 0 Å². The monoisotopic (exact) mass is 205 g/mol. The van der Waals surface area contributed by atoms with Crippen molar-refractivity contribution in [1.82, 2.24) is 4.90 Å². The Hall–Kier alpha value is -1.35. The summed E-state index contributed by atoms with van der Waals surface area (Å²) >= 11 is 0. The van der Waals surface area contributed by atoms with Gasteiger partial charge in [-0.05, 0) is 12.5 Å². The first-order chi connectivity index (χ1) is 7.25. The van der Waals surface area contributed by atoms with Gasteiger partial charge in [0.2, 0.25) is 5.91 Å². The molecule has 0 saturated carbocycles. The van der Waals surface area contributed by atoms with Gasteiger partial charge in [0.1, 0.15) is 6.61 Å². The van der Waals surface area contributed by atoms with Gasteiger partial charge in [-0.2, -0.15) is 0 Å². The highest BCUT2D eigenvalue weighted by Gasteiger charge is 2.23. The average Bonchev–Trinajstić information content (AvgIpc) is 2.25. The van der Waals surface area contributed by atoms with E-state index >= 15 is 0 Å². The second-order valence-corrected chi connectivity index (χ2v) is 3.88. The van der Waals surface area contributed by atoms with Gasteiger partial charge in [-0.1, -0.05) is 30.3 Å². The second kappa shape index (κ2) is 4.45. The predicted octanol–water partition coefficient (Wildman–Crippen LogP) is 1.43.